The normalized spacial score (nSPS) is 22.9. The predicted octanol–water partition coefficient (Wildman–Crippen LogP) is 1.80. The summed E-state index contributed by atoms with van der Waals surface area (Å²) in [5.41, 5.74) is 0.638. The molecule has 2 atom stereocenters. The van der Waals surface area contributed by atoms with Crippen molar-refractivity contribution in [1.29, 1.82) is 0 Å². The van der Waals surface area contributed by atoms with E-state index in [9.17, 15) is 13.2 Å². The van der Waals surface area contributed by atoms with Crippen LogP contribution in [0.3, 0.4) is 0 Å². The molecule has 1 amide bonds. The highest BCUT2D eigenvalue weighted by Crippen LogP contribution is 2.31. The minimum absolute atomic E-state index is 0.0658. The van der Waals surface area contributed by atoms with Crippen molar-refractivity contribution in [1.82, 2.24) is 19.2 Å². The first-order valence-corrected chi connectivity index (χ1v) is 11.1. The molecule has 8 nitrogen and oxygen atoms in total. The highest BCUT2D eigenvalue weighted by atomic mass is 32.2. The average molecular weight is 404 g/mol. The van der Waals surface area contributed by atoms with E-state index < -0.39 is 10.0 Å². The molecule has 1 aromatic carbocycles. The van der Waals surface area contributed by atoms with E-state index in [1.54, 1.807) is 30.7 Å². The molecular formula is C19H25N5O3S. The molecule has 1 fully saturated rings. The van der Waals surface area contributed by atoms with Gasteiger partial charge in [-0.2, -0.15) is 4.72 Å². The van der Waals surface area contributed by atoms with E-state index in [-0.39, 0.29) is 28.9 Å². The van der Waals surface area contributed by atoms with Gasteiger partial charge >= 0.3 is 0 Å². The fourth-order valence-corrected chi connectivity index (χ4v) is 5.35. The van der Waals surface area contributed by atoms with Gasteiger partial charge in [-0.25, -0.2) is 13.4 Å². The monoisotopic (exact) mass is 403 g/mol. The fraction of sp³-hybridized carbons (Fsp3) is 0.474. The smallest absolute Gasteiger partial charge is 0.244 e. The summed E-state index contributed by atoms with van der Waals surface area (Å²) in [5.74, 6) is 0.264. The van der Waals surface area contributed by atoms with Gasteiger partial charge in [0.1, 0.15) is 4.90 Å². The minimum atomic E-state index is -3.51. The Hall–Kier alpha value is -2.39. The largest absolute Gasteiger partial charge is 0.368 e. The summed E-state index contributed by atoms with van der Waals surface area (Å²) in [5, 5.41) is 3.31. The SMILES string of the molecule is C[C@@H](CC(=O)N1CCC([C@H]2Nc3ccccc3S(=O)(=O)N2)CC1)n1ccnc1. The second kappa shape index (κ2) is 7.56. The number of imidazole rings is 1. The predicted molar refractivity (Wildman–Crippen MR) is 105 cm³/mol. The topological polar surface area (TPSA) is 96.3 Å². The van der Waals surface area contributed by atoms with Crippen molar-refractivity contribution >= 4 is 21.6 Å². The number of amides is 1. The number of benzene rings is 1. The second-order valence-electron chi connectivity index (χ2n) is 7.52. The molecule has 3 heterocycles. The summed E-state index contributed by atoms with van der Waals surface area (Å²) in [6, 6.07) is 7.00. The van der Waals surface area contributed by atoms with Gasteiger partial charge in [-0.05, 0) is 37.8 Å². The van der Waals surface area contributed by atoms with E-state index in [0.29, 0.717) is 25.2 Å². The molecule has 9 heteroatoms. The number of nitrogens with zero attached hydrogens (tertiary/aromatic N) is 3. The zero-order valence-corrected chi connectivity index (χ0v) is 16.6. The molecule has 28 heavy (non-hydrogen) atoms. The molecule has 2 aliphatic heterocycles. The summed E-state index contributed by atoms with van der Waals surface area (Å²) in [6.07, 6.45) is 6.90. The number of para-hydroxylation sites is 1. The quantitative estimate of drug-likeness (QED) is 0.812. The van der Waals surface area contributed by atoms with E-state index >= 15 is 0 Å². The van der Waals surface area contributed by atoms with Crippen molar-refractivity contribution in [2.75, 3.05) is 18.4 Å². The molecule has 2 aliphatic rings. The molecule has 2 aromatic rings. The van der Waals surface area contributed by atoms with Crippen LogP contribution >= 0.6 is 0 Å². The molecule has 4 rings (SSSR count). The Kier molecular flexibility index (Phi) is 5.11. The van der Waals surface area contributed by atoms with Crippen LogP contribution < -0.4 is 10.0 Å². The summed E-state index contributed by atoms with van der Waals surface area (Å²) in [4.78, 5) is 18.8. The maximum Gasteiger partial charge on any atom is 0.244 e. The van der Waals surface area contributed by atoms with Crippen LogP contribution in [-0.2, 0) is 14.8 Å². The van der Waals surface area contributed by atoms with Crippen molar-refractivity contribution in [3.8, 4) is 0 Å². The second-order valence-corrected chi connectivity index (χ2v) is 9.20. The molecule has 1 saturated heterocycles. The molecule has 1 aromatic heterocycles. The number of likely N-dealkylation sites (tertiary alicyclic amines) is 1. The number of hydrogen-bond donors (Lipinski definition) is 2. The Bertz CT molecular complexity index is 936. The summed E-state index contributed by atoms with van der Waals surface area (Å²) in [7, 11) is -3.51. The molecule has 2 N–H and O–H groups in total. The van der Waals surface area contributed by atoms with E-state index in [4.69, 9.17) is 0 Å². The number of nitrogens with one attached hydrogen (secondary N) is 2. The zero-order valence-electron chi connectivity index (χ0n) is 15.8. The van der Waals surface area contributed by atoms with Crippen molar-refractivity contribution in [3.63, 3.8) is 0 Å². The van der Waals surface area contributed by atoms with Gasteiger partial charge < -0.3 is 14.8 Å². The van der Waals surface area contributed by atoms with Gasteiger partial charge in [-0.1, -0.05) is 12.1 Å². The van der Waals surface area contributed by atoms with Crippen molar-refractivity contribution in [2.45, 2.75) is 43.3 Å². The standard InChI is InChI=1S/C19H25N5O3S/c1-14(24-11-8-20-13-24)12-18(25)23-9-6-15(7-10-23)19-21-16-4-2-3-5-17(16)28(26,27)22-19/h2-5,8,11,13-15,19,21-22H,6-7,9-10,12H2,1H3/t14-,19-/m0/s1. The molecule has 0 spiro atoms. The lowest BCUT2D eigenvalue weighted by Gasteiger charge is -2.39. The molecule has 0 aliphatic carbocycles. The lowest BCUT2D eigenvalue weighted by atomic mass is 9.93. The van der Waals surface area contributed by atoms with E-state index in [0.717, 1.165) is 12.8 Å². The van der Waals surface area contributed by atoms with Crippen molar-refractivity contribution in [2.24, 2.45) is 5.92 Å². The molecule has 0 radical (unpaired) electrons. The minimum Gasteiger partial charge on any atom is -0.368 e. The number of sulfonamides is 1. The van der Waals surface area contributed by atoms with Gasteiger partial charge in [0.05, 0.1) is 18.2 Å². The number of piperidine rings is 1. The number of fused-ring (bicyclic) bond motifs is 1. The van der Waals surface area contributed by atoms with E-state index in [1.165, 1.54) is 0 Å². The lowest BCUT2D eigenvalue weighted by molar-refractivity contribution is -0.133. The fourth-order valence-electron chi connectivity index (χ4n) is 3.96. The van der Waals surface area contributed by atoms with Crippen LogP contribution in [0, 0.1) is 5.92 Å². The van der Waals surface area contributed by atoms with Gasteiger partial charge in [0, 0.05) is 37.9 Å². The van der Waals surface area contributed by atoms with Crippen LogP contribution in [0.25, 0.3) is 0 Å². The third kappa shape index (κ3) is 3.77. The number of anilines is 1. The highest BCUT2D eigenvalue weighted by molar-refractivity contribution is 7.89. The summed E-state index contributed by atoms with van der Waals surface area (Å²) >= 11 is 0. The number of carbonyl (C=O) groups is 1. The van der Waals surface area contributed by atoms with E-state index in [1.807, 2.05) is 28.7 Å². The summed E-state index contributed by atoms with van der Waals surface area (Å²) in [6.45, 7) is 3.29. The first kappa shape index (κ1) is 18.9. The Morgan fingerprint density at radius 3 is 2.75 bits per heavy atom. The average Bonchev–Trinajstić information content (AvgIpc) is 3.22. The molecule has 0 bridgehead atoms. The van der Waals surface area contributed by atoms with Gasteiger partial charge in [0.2, 0.25) is 15.9 Å². The van der Waals surface area contributed by atoms with Crippen LogP contribution in [-0.4, -0.2) is 48.0 Å². The van der Waals surface area contributed by atoms with E-state index in [2.05, 4.69) is 15.0 Å². The van der Waals surface area contributed by atoms with Crippen LogP contribution in [0.1, 0.15) is 32.2 Å². The third-order valence-electron chi connectivity index (χ3n) is 5.64. The van der Waals surface area contributed by atoms with Gasteiger partial charge in [-0.3, -0.25) is 4.79 Å². The first-order valence-electron chi connectivity index (χ1n) is 9.57. The number of aromatic nitrogens is 2. The molecule has 0 saturated carbocycles. The Labute approximate surface area is 165 Å². The maximum absolute atomic E-state index is 12.6. The van der Waals surface area contributed by atoms with Gasteiger partial charge in [0.15, 0.2) is 0 Å². The maximum atomic E-state index is 12.6. The van der Waals surface area contributed by atoms with Gasteiger partial charge in [-0.15, -0.1) is 0 Å². The number of carbonyl (C=O) groups excluding carboxylic acids is 1. The zero-order chi connectivity index (χ0) is 19.7. The first-order chi connectivity index (χ1) is 13.4. The summed E-state index contributed by atoms with van der Waals surface area (Å²) < 4.78 is 29.7. The Balaban J connectivity index is 1.35. The molecular weight excluding hydrogens is 378 g/mol. The Morgan fingerprint density at radius 2 is 2.04 bits per heavy atom. The lowest BCUT2D eigenvalue weighted by Crippen LogP contribution is -2.52. The van der Waals surface area contributed by atoms with Crippen LogP contribution in [0.4, 0.5) is 5.69 Å². The van der Waals surface area contributed by atoms with Crippen molar-refractivity contribution in [3.05, 3.63) is 43.0 Å². The molecule has 150 valence electrons. The third-order valence-corrected chi connectivity index (χ3v) is 7.14. The van der Waals surface area contributed by atoms with Crippen LogP contribution in [0.5, 0.6) is 0 Å². The van der Waals surface area contributed by atoms with Crippen molar-refractivity contribution < 1.29 is 13.2 Å². The highest BCUT2D eigenvalue weighted by Gasteiger charge is 2.35. The molecule has 0 unspecified atom stereocenters. The number of hydrogen-bond acceptors (Lipinski definition) is 5. The van der Waals surface area contributed by atoms with Gasteiger partial charge in [0.25, 0.3) is 0 Å². The Morgan fingerprint density at radius 1 is 1.29 bits per heavy atom. The van der Waals surface area contributed by atoms with Crippen LogP contribution in [0.2, 0.25) is 0 Å². The number of rotatable bonds is 4. The van der Waals surface area contributed by atoms with Crippen LogP contribution in [0.15, 0.2) is 47.9 Å².